The van der Waals surface area contributed by atoms with Crippen molar-refractivity contribution < 1.29 is 27.2 Å². The van der Waals surface area contributed by atoms with E-state index in [0.717, 1.165) is 5.57 Å². The van der Waals surface area contributed by atoms with Crippen LogP contribution in [0.5, 0.6) is 0 Å². The maximum Gasteiger partial charge on any atom is 0.357 e. The zero-order chi connectivity index (χ0) is 16.5. The molecule has 0 spiro atoms. The fraction of sp³-hybridized carbons (Fsp3) is 0.846. The molecule has 0 fully saturated rings. The third kappa shape index (κ3) is 6.77. The zero-order valence-corrected chi connectivity index (χ0v) is 15.7. The first-order valence-corrected chi connectivity index (χ1v) is 10.5. The smallest absolute Gasteiger partial charge is 0.309 e. The number of hydrogen-bond donors (Lipinski definition) is 0. The van der Waals surface area contributed by atoms with Gasteiger partial charge in [0.05, 0.1) is 37.9 Å². The lowest BCUT2D eigenvalue weighted by Gasteiger charge is -2.25. The van der Waals surface area contributed by atoms with E-state index in [1.165, 1.54) is 0 Å². The molecule has 0 aromatic heterocycles. The molecule has 0 aromatic carbocycles. The molecule has 0 bridgehead atoms. The first kappa shape index (κ1) is 21.0. The van der Waals surface area contributed by atoms with Crippen molar-refractivity contribution in [3.63, 3.8) is 0 Å². The molecule has 0 aliphatic rings. The van der Waals surface area contributed by atoms with Gasteiger partial charge in [0.1, 0.15) is 0 Å². The van der Waals surface area contributed by atoms with E-state index in [1.807, 2.05) is 0 Å². The minimum Gasteiger partial charge on any atom is -0.309 e. The lowest BCUT2D eigenvalue weighted by atomic mass is 10.3. The van der Waals surface area contributed by atoms with Crippen molar-refractivity contribution in [2.45, 2.75) is 41.5 Å². The summed E-state index contributed by atoms with van der Waals surface area (Å²) in [5.74, 6) is 0. The van der Waals surface area contributed by atoms with Gasteiger partial charge in [-0.3, -0.25) is 9.13 Å². The summed E-state index contributed by atoms with van der Waals surface area (Å²) in [5, 5.41) is 0.372. The summed E-state index contributed by atoms with van der Waals surface area (Å²) in [5.41, 5.74) is 0.736. The highest BCUT2D eigenvalue weighted by atomic mass is 31.2. The molecule has 0 unspecified atom stereocenters. The lowest BCUT2D eigenvalue weighted by Crippen LogP contribution is -2.08. The van der Waals surface area contributed by atoms with E-state index >= 15 is 0 Å². The maximum absolute atomic E-state index is 12.9. The van der Waals surface area contributed by atoms with Crippen LogP contribution in [-0.2, 0) is 27.2 Å². The first-order valence-electron chi connectivity index (χ1n) is 7.22. The summed E-state index contributed by atoms with van der Waals surface area (Å²) in [4.78, 5) is 0. The highest BCUT2D eigenvalue weighted by molar-refractivity contribution is 7.61. The van der Waals surface area contributed by atoms with Gasteiger partial charge in [0.15, 0.2) is 0 Å². The van der Waals surface area contributed by atoms with Crippen LogP contribution in [0.15, 0.2) is 10.9 Å². The summed E-state index contributed by atoms with van der Waals surface area (Å²) < 4.78 is 46.8. The molecule has 0 N–H and O–H groups in total. The molecule has 0 atom stereocenters. The minimum atomic E-state index is -3.48. The summed E-state index contributed by atoms with van der Waals surface area (Å²) >= 11 is 0. The fourth-order valence-electron chi connectivity index (χ4n) is 1.76. The van der Waals surface area contributed by atoms with Crippen LogP contribution in [0.2, 0.25) is 0 Å². The molecule has 0 aliphatic carbocycles. The van der Waals surface area contributed by atoms with Crippen molar-refractivity contribution in [2.24, 2.45) is 0 Å². The van der Waals surface area contributed by atoms with E-state index in [0.29, 0.717) is 5.31 Å². The fourth-order valence-corrected chi connectivity index (χ4v) is 6.31. The molecule has 0 saturated carbocycles. The van der Waals surface area contributed by atoms with Crippen LogP contribution < -0.4 is 0 Å². The van der Waals surface area contributed by atoms with E-state index in [-0.39, 0.29) is 32.6 Å². The van der Waals surface area contributed by atoms with Gasteiger partial charge in [-0.15, -0.1) is 0 Å². The van der Waals surface area contributed by atoms with Gasteiger partial charge in [0, 0.05) is 0 Å². The van der Waals surface area contributed by atoms with E-state index in [9.17, 15) is 9.13 Å². The van der Waals surface area contributed by atoms with Gasteiger partial charge in [0.25, 0.3) is 0 Å². The molecule has 8 heteroatoms. The molecular formula is C13H28O6P2. The second kappa shape index (κ2) is 9.94. The molecule has 0 radical (unpaired) electrons. The molecule has 0 rings (SSSR count). The maximum atomic E-state index is 12.9. The Labute approximate surface area is 128 Å². The van der Waals surface area contributed by atoms with Crippen molar-refractivity contribution in [2.75, 3.05) is 32.6 Å². The summed E-state index contributed by atoms with van der Waals surface area (Å²) in [6.45, 7) is 11.5. The topological polar surface area (TPSA) is 71.1 Å². The molecule has 0 heterocycles. The molecule has 0 amide bonds. The highest BCUT2D eigenvalue weighted by Gasteiger charge is 2.37. The lowest BCUT2D eigenvalue weighted by molar-refractivity contribution is 0.216. The van der Waals surface area contributed by atoms with Gasteiger partial charge in [0.2, 0.25) is 0 Å². The molecule has 0 aliphatic heterocycles. The van der Waals surface area contributed by atoms with Gasteiger partial charge in [-0.2, -0.15) is 0 Å². The normalized spacial score (nSPS) is 12.5. The predicted octanol–water partition coefficient (Wildman–Crippen LogP) is 4.81. The quantitative estimate of drug-likeness (QED) is 0.502. The molecule has 21 heavy (non-hydrogen) atoms. The van der Waals surface area contributed by atoms with Crippen molar-refractivity contribution in [3.8, 4) is 0 Å². The largest absolute Gasteiger partial charge is 0.357 e. The van der Waals surface area contributed by atoms with Gasteiger partial charge in [-0.25, -0.2) is 0 Å². The van der Waals surface area contributed by atoms with Gasteiger partial charge in [-0.05, 0) is 41.5 Å². The van der Waals surface area contributed by atoms with Crippen LogP contribution in [0.3, 0.4) is 0 Å². The van der Waals surface area contributed by atoms with Crippen LogP contribution in [0, 0.1) is 0 Å². The van der Waals surface area contributed by atoms with E-state index < -0.39 is 15.2 Å². The summed E-state index contributed by atoms with van der Waals surface area (Å²) in [6.07, 6.45) is -0.0890. The Balaban J connectivity index is 5.55. The van der Waals surface area contributed by atoms with E-state index in [2.05, 4.69) is 0 Å². The van der Waals surface area contributed by atoms with Crippen molar-refractivity contribution in [3.05, 3.63) is 10.9 Å². The van der Waals surface area contributed by atoms with Crippen LogP contribution in [0.25, 0.3) is 0 Å². The average molecular weight is 342 g/mol. The molecule has 6 nitrogen and oxygen atoms in total. The average Bonchev–Trinajstić information content (AvgIpc) is 2.37. The van der Waals surface area contributed by atoms with Gasteiger partial charge < -0.3 is 18.1 Å². The second-order valence-corrected chi connectivity index (χ2v) is 8.49. The Kier molecular flexibility index (Phi) is 9.96. The highest BCUT2D eigenvalue weighted by Crippen LogP contribution is 2.63. The third-order valence-corrected chi connectivity index (χ3v) is 7.22. The molecule has 0 aromatic rings. The summed E-state index contributed by atoms with van der Waals surface area (Å²) in [7, 11) is -6.85. The molecular weight excluding hydrogens is 314 g/mol. The Hall–Kier alpha value is 0.0400. The third-order valence-electron chi connectivity index (χ3n) is 2.50. The van der Waals surface area contributed by atoms with Crippen molar-refractivity contribution in [1.82, 2.24) is 0 Å². The Morgan fingerprint density at radius 1 is 0.762 bits per heavy atom. The Morgan fingerprint density at radius 2 is 1.14 bits per heavy atom. The number of allylic oxidation sites excluding steroid dienone is 2. The molecule has 0 saturated heterocycles. The zero-order valence-electron chi connectivity index (χ0n) is 13.9. The molecule has 126 valence electrons. The summed E-state index contributed by atoms with van der Waals surface area (Å²) in [6, 6.07) is 0. The van der Waals surface area contributed by atoms with Crippen LogP contribution in [0.4, 0.5) is 0 Å². The van der Waals surface area contributed by atoms with Crippen LogP contribution >= 0.6 is 15.2 Å². The van der Waals surface area contributed by atoms with Crippen molar-refractivity contribution in [1.29, 1.82) is 0 Å². The van der Waals surface area contributed by atoms with Crippen LogP contribution in [-0.4, -0.2) is 32.6 Å². The van der Waals surface area contributed by atoms with Gasteiger partial charge >= 0.3 is 15.2 Å². The number of hydrogen-bond acceptors (Lipinski definition) is 6. The predicted molar refractivity (Wildman–Crippen MR) is 85.0 cm³/mol. The van der Waals surface area contributed by atoms with Gasteiger partial charge in [-0.1, -0.05) is 5.57 Å². The Morgan fingerprint density at radius 3 is 1.43 bits per heavy atom. The standard InChI is InChI=1S/C13H28O6P2/c1-7-16-20(14,17-8-2)11-13(12(5)6)21(15,18-9-3)19-10-4/h7-11H2,1-6H3. The van der Waals surface area contributed by atoms with Crippen LogP contribution in [0.1, 0.15) is 41.5 Å². The second-order valence-electron chi connectivity index (χ2n) is 4.38. The first-order chi connectivity index (χ1) is 9.78. The Bertz CT molecular complexity index is 408. The SMILES string of the molecule is CCOP(=O)(CC(=C(C)C)P(=O)(OCC)OCC)OCC. The number of rotatable bonds is 11. The minimum absolute atomic E-state index is 0.0890. The van der Waals surface area contributed by atoms with E-state index in [4.69, 9.17) is 18.1 Å². The van der Waals surface area contributed by atoms with Crippen molar-refractivity contribution >= 4 is 15.2 Å². The van der Waals surface area contributed by atoms with E-state index in [1.54, 1.807) is 41.5 Å². The monoisotopic (exact) mass is 342 g/mol.